The number of amides is 1. The van der Waals surface area contributed by atoms with E-state index in [0.29, 0.717) is 19.0 Å². The van der Waals surface area contributed by atoms with Crippen molar-refractivity contribution in [1.29, 1.82) is 0 Å². The number of rotatable bonds is 8. The van der Waals surface area contributed by atoms with Gasteiger partial charge in [-0.25, -0.2) is 13.8 Å². The summed E-state index contributed by atoms with van der Waals surface area (Å²) in [6, 6.07) is 10.9. The van der Waals surface area contributed by atoms with E-state index in [0.717, 1.165) is 23.4 Å². The van der Waals surface area contributed by atoms with Crippen LogP contribution in [-0.4, -0.2) is 24.0 Å². The van der Waals surface area contributed by atoms with E-state index >= 15 is 0 Å². The van der Waals surface area contributed by atoms with Gasteiger partial charge in [-0.15, -0.1) is 0 Å². The number of ether oxygens (including phenoxy) is 1. The molecule has 0 bridgehead atoms. The summed E-state index contributed by atoms with van der Waals surface area (Å²) in [7, 11) is 0. The molecule has 0 atom stereocenters. The fourth-order valence-corrected chi connectivity index (χ4v) is 2.54. The number of oxazole rings is 1. The van der Waals surface area contributed by atoms with E-state index in [1.165, 1.54) is 12.3 Å². The third-order valence-corrected chi connectivity index (χ3v) is 4.03. The predicted molar refractivity (Wildman–Crippen MR) is 99.9 cm³/mol. The molecule has 146 valence electrons. The lowest BCUT2D eigenvalue weighted by molar-refractivity contribution is -0.121. The first-order chi connectivity index (χ1) is 13.5. The monoisotopic (exact) mass is 386 g/mol. The number of aromatic nitrogens is 1. The standard InChI is InChI=1S/C21H20F2N2O3/c1-14-2-5-16(6-3-14)27-11-10-24-20(26)8-9-21-25-13-19(28-21)17-7-4-15(22)12-18(17)23/h2-7,12-13H,8-11H2,1H3,(H,24,26). The molecule has 0 aliphatic rings. The number of hydrogen-bond acceptors (Lipinski definition) is 4. The van der Waals surface area contributed by atoms with Gasteiger partial charge in [0.2, 0.25) is 5.91 Å². The Morgan fingerprint density at radius 1 is 1.18 bits per heavy atom. The van der Waals surface area contributed by atoms with Crippen molar-refractivity contribution in [2.45, 2.75) is 19.8 Å². The molecule has 0 fully saturated rings. The first kappa shape index (κ1) is 19.5. The van der Waals surface area contributed by atoms with Crippen molar-refractivity contribution in [3.8, 4) is 17.1 Å². The van der Waals surface area contributed by atoms with Crippen LogP contribution in [-0.2, 0) is 11.2 Å². The molecule has 1 amide bonds. The van der Waals surface area contributed by atoms with Crippen LogP contribution in [0, 0.1) is 18.6 Å². The topological polar surface area (TPSA) is 64.4 Å². The van der Waals surface area contributed by atoms with Crippen LogP contribution in [0.3, 0.4) is 0 Å². The number of nitrogens with one attached hydrogen (secondary N) is 1. The van der Waals surface area contributed by atoms with Gasteiger partial charge < -0.3 is 14.5 Å². The number of nitrogens with zero attached hydrogens (tertiary/aromatic N) is 1. The molecule has 3 rings (SSSR count). The van der Waals surface area contributed by atoms with E-state index < -0.39 is 11.6 Å². The van der Waals surface area contributed by atoms with Crippen LogP contribution < -0.4 is 10.1 Å². The molecule has 0 saturated heterocycles. The summed E-state index contributed by atoms with van der Waals surface area (Å²) in [4.78, 5) is 15.9. The minimum atomic E-state index is -0.728. The molecule has 1 N–H and O–H groups in total. The Morgan fingerprint density at radius 2 is 1.96 bits per heavy atom. The fraction of sp³-hybridized carbons (Fsp3) is 0.238. The summed E-state index contributed by atoms with van der Waals surface area (Å²) < 4.78 is 37.7. The smallest absolute Gasteiger partial charge is 0.220 e. The van der Waals surface area contributed by atoms with Gasteiger partial charge in [-0.3, -0.25) is 4.79 Å². The summed E-state index contributed by atoms with van der Waals surface area (Å²) in [5.74, 6) is -0.303. The first-order valence-corrected chi connectivity index (χ1v) is 8.87. The van der Waals surface area contributed by atoms with E-state index in [1.807, 2.05) is 31.2 Å². The molecule has 0 aliphatic heterocycles. The molecule has 28 heavy (non-hydrogen) atoms. The van der Waals surface area contributed by atoms with Crippen LogP contribution in [0.5, 0.6) is 5.75 Å². The Hall–Kier alpha value is -3.22. The van der Waals surface area contributed by atoms with E-state index in [2.05, 4.69) is 10.3 Å². The highest BCUT2D eigenvalue weighted by molar-refractivity contribution is 5.76. The van der Waals surface area contributed by atoms with Gasteiger partial charge in [0.05, 0.1) is 18.3 Å². The van der Waals surface area contributed by atoms with E-state index in [9.17, 15) is 13.6 Å². The maximum atomic E-state index is 13.8. The summed E-state index contributed by atoms with van der Waals surface area (Å²) in [6.07, 6.45) is 1.81. The number of aryl methyl sites for hydroxylation is 2. The summed E-state index contributed by atoms with van der Waals surface area (Å²) in [5.41, 5.74) is 1.27. The molecule has 1 aromatic heterocycles. The van der Waals surface area contributed by atoms with Crippen LogP contribution in [0.25, 0.3) is 11.3 Å². The fourth-order valence-electron chi connectivity index (χ4n) is 2.54. The minimum absolute atomic E-state index is 0.123. The van der Waals surface area contributed by atoms with Gasteiger partial charge in [0.15, 0.2) is 11.7 Å². The molecule has 5 nitrogen and oxygen atoms in total. The third kappa shape index (κ3) is 5.39. The van der Waals surface area contributed by atoms with E-state index in [1.54, 1.807) is 0 Å². The summed E-state index contributed by atoms with van der Waals surface area (Å²) >= 11 is 0. The van der Waals surface area contributed by atoms with Crippen molar-refractivity contribution in [1.82, 2.24) is 10.3 Å². The molecule has 0 saturated carbocycles. The average molecular weight is 386 g/mol. The second-order valence-electron chi connectivity index (χ2n) is 6.25. The number of hydrogen-bond donors (Lipinski definition) is 1. The second kappa shape index (κ2) is 9.12. The third-order valence-electron chi connectivity index (χ3n) is 4.03. The number of carbonyl (C=O) groups is 1. The van der Waals surface area contributed by atoms with E-state index in [4.69, 9.17) is 9.15 Å². The van der Waals surface area contributed by atoms with Crippen LogP contribution >= 0.6 is 0 Å². The number of carbonyl (C=O) groups excluding carboxylic acids is 1. The van der Waals surface area contributed by atoms with Gasteiger partial charge in [0, 0.05) is 18.9 Å². The molecule has 0 aliphatic carbocycles. The van der Waals surface area contributed by atoms with Crippen molar-refractivity contribution in [2.24, 2.45) is 0 Å². The Labute approximate surface area is 161 Å². The molecule has 2 aromatic carbocycles. The van der Waals surface area contributed by atoms with Crippen molar-refractivity contribution in [3.05, 3.63) is 71.8 Å². The van der Waals surface area contributed by atoms with Crippen LogP contribution in [0.4, 0.5) is 8.78 Å². The van der Waals surface area contributed by atoms with Gasteiger partial charge in [0.1, 0.15) is 24.0 Å². The van der Waals surface area contributed by atoms with Crippen LogP contribution in [0.1, 0.15) is 17.9 Å². The Kier molecular flexibility index (Phi) is 6.37. The highest BCUT2D eigenvalue weighted by Gasteiger charge is 2.13. The zero-order chi connectivity index (χ0) is 19.9. The van der Waals surface area contributed by atoms with Gasteiger partial charge in [-0.05, 0) is 31.2 Å². The molecule has 7 heteroatoms. The van der Waals surface area contributed by atoms with Gasteiger partial charge in [-0.2, -0.15) is 0 Å². The second-order valence-corrected chi connectivity index (χ2v) is 6.25. The van der Waals surface area contributed by atoms with Gasteiger partial charge in [-0.1, -0.05) is 17.7 Å². The van der Waals surface area contributed by atoms with Gasteiger partial charge in [0.25, 0.3) is 0 Å². The lowest BCUT2D eigenvalue weighted by atomic mass is 10.2. The SMILES string of the molecule is Cc1ccc(OCCNC(=O)CCc2ncc(-c3ccc(F)cc3F)o2)cc1. The van der Waals surface area contributed by atoms with Crippen molar-refractivity contribution in [3.63, 3.8) is 0 Å². The molecule has 0 unspecified atom stereocenters. The summed E-state index contributed by atoms with van der Waals surface area (Å²) in [6.45, 7) is 2.74. The van der Waals surface area contributed by atoms with Crippen LogP contribution in [0.15, 0.2) is 53.1 Å². The summed E-state index contributed by atoms with van der Waals surface area (Å²) in [5, 5.41) is 2.75. The predicted octanol–water partition coefficient (Wildman–Crippen LogP) is 4.06. The normalized spacial score (nSPS) is 10.7. The molecular weight excluding hydrogens is 366 g/mol. The van der Waals surface area contributed by atoms with E-state index in [-0.39, 0.29) is 30.1 Å². The zero-order valence-corrected chi connectivity index (χ0v) is 15.4. The quantitative estimate of drug-likeness (QED) is 0.593. The Bertz CT molecular complexity index is 939. The van der Waals surface area contributed by atoms with Gasteiger partial charge >= 0.3 is 0 Å². The molecule has 1 heterocycles. The Balaban J connectivity index is 1.41. The molecule has 3 aromatic rings. The van der Waals surface area contributed by atoms with Crippen LogP contribution in [0.2, 0.25) is 0 Å². The lowest BCUT2D eigenvalue weighted by Gasteiger charge is -2.07. The highest BCUT2D eigenvalue weighted by atomic mass is 19.1. The zero-order valence-electron chi connectivity index (χ0n) is 15.4. The highest BCUT2D eigenvalue weighted by Crippen LogP contribution is 2.24. The van der Waals surface area contributed by atoms with Crippen molar-refractivity contribution >= 4 is 5.91 Å². The molecule has 0 spiro atoms. The minimum Gasteiger partial charge on any atom is -0.492 e. The average Bonchev–Trinajstić information content (AvgIpc) is 3.14. The largest absolute Gasteiger partial charge is 0.492 e. The number of halogens is 2. The Morgan fingerprint density at radius 3 is 2.71 bits per heavy atom. The molecule has 0 radical (unpaired) electrons. The maximum Gasteiger partial charge on any atom is 0.220 e. The maximum absolute atomic E-state index is 13.8. The lowest BCUT2D eigenvalue weighted by Crippen LogP contribution is -2.28. The molecular formula is C21H20F2N2O3. The first-order valence-electron chi connectivity index (χ1n) is 8.87. The van der Waals surface area contributed by atoms with Crippen molar-refractivity contribution < 1.29 is 22.7 Å². The van der Waals surface area contributed by atoms with Crippen molar-refractivity contribution in [2.75, 3.05) is 13.2 Å². The number of benzene rings is 2.